The minimum Gasteiger partial charge on any atom is -0.867 e. The van der Waals surface area contributed by atoms with Gasteiger partial charge in [-0.3, -0.25) is 0 Å². The van der Waals surface area contributed by atoms with Crippen molar-refractivity contribution in [3.63, 3.8) is 0 Å². The highest BCUT2D eigenvalue weighted by Gasteiger charge is 2.11. The number of phenols is 1. The molecule has 6 nitrogen and oxygen atoms in total. The lowest BCUT2D eigenvalue weighted by Crippen LogP contribution is -2.38. The SMILES string of the molecule is C[N+](C)(C)CCOc1cc(C(=O)O)cc(O)c1[O-]. The molecule has 0 heterocycles. The highest BCUT2D eigenvalue weighted by molar-refractivity contribution is 5.89. The second-order valence-corrected chi connectivity index (χ2v) is 4.99. The first kappa shape index (κ1) is 14.1. The van der Waals surface area contributed by atoms with Crippen LogP contribution < -0.4 is 9.84 Å². The van der Waals surface area contributed by atoms with E-state index in [-0.39, 0.29) is 17.9 Å². The number of benzene rings is 1. The van der Waals surface area contributed by atoms with E-state index in [0.717, 1.165) is 12.1 Å². The van der Waals surface area contributed by atoms with Crippen LogP contribution in [0.1, 0.15) is 10.4 Å². The van der Waals surface area contributed by atoms with Crippen LogP contribution in [0, 0.1) is 0 Å². The van der Waals surface area contributed by atoms with Crippen molar-refractivity contribution in [2.75, 3.05) is 34.3 Å². The van der Waals surface area contributed by atoms with Gasteiger partial charge >= 0.3 is 5.97 Å². The number of likely N-dealkylation sites (N-methyl/N-ethyl adjacent to an activating group) is 1. The van der Waals surface area contributed by atoms with Crippen LogP contribution in [-0.2, 0) is 0 Å². The summed E-state index contributed by atoms with van der Waals surface area (Å²) in [6, 6.07) is 2.04. The number of ether oxygens (including phenoxy) is 1. The van der Waals surface area contributed by atoms with E-state index in [1.54, 1.807) is 0 Å². The Kier molecular flexibility index (Phi) is 4.03. The van der Waals surface area contributed by atoms with Crippen LogP contribution in [0.25, 0.3) is 0 Å². The Balaban J connectivity index is 2.85. The zero-order valence-electron chi connectivity index (χ0n) is 10.6. The number of carbonyl (C=O) groups is 1. The molecule has 0 aromatic heterocycles. The van der Waals surface area contributed by atoms with Gasteiger partial charge in [-0.15, -0.1) is 0 Å². The molecule has 0 amide bonds. The van der Waals surface area contributed by atoms with Gasteiger partial charge in [-0.2, -0.15) is 0 Å². The first-order chi connectivity index (χ1) is 8.20. The first-order valence-corrected chi connectivity index (χ1v) is 5.41. The van der Waals surface area contributed by atoms with E-state index in [2.05, 4.69) is 0 Å². The van der Waals surface area contributed by atoms with E-state index < -0.39 is 17.5 Å². The van der Waals surface area contributed by atoms with Crippen LogP contribution >= 0.6 is 0 Å². The summed E-state index contributed by atoms with van der Waals surface area (Å²) in [6.45, 7) is 0.915. The summed E-state index contributed by atoms with van der Waals surface area (Å²) in [4.78, 5) is 10.8. The van der Waals surface area contributed by atoms with Gasteiger partial charge in [-0.25, -0.2) is 4.79 Å². The first-order valence-electron chi connectivity index (χ1n) is 5.41. The lowest BCUT2D eigenvalue weighted by molar-refractivity contribution is -0.870. The second-order valence-electron chi connectivity index (χ2n) is 4.99. The molecule has 1 aromatic carbocycles. The Morgan fingerprint density at radius 2 is 2.00 bits per heavy atom. The van der Waals surface area contributed by atoms with Crippen molar-refractivity contribution in [1.82, 2.24) is 0 Å². The standard InChI is InChI=1S/C12H17NO5/c1-13(2,3)4-5-18-10-7-8(12(16)17)6-9(14)11(10)15/h6-7H,4-5H2,1-3H3,(H2-,14,15,16,17). The van der Waals surface area contributed by atoms with Crippen LogP contribution in [0.15, 0.2) is 12.1 Å². The van der Waals surface area contributed by atoms with Gasteiger partial charge < -0.3 is 24.5 Å². The average Bonchev–Trinajstić information content (AvgIpc) is 2.21. The molecule has 1 aromatic rings. The third kappa shape index (κ3) is 3.81. The summed E-state index contributed by atoms with van der Waals surface area (Å²) in [6.07, 6.45) is 0. The van der Waals surface area contributed by atoms with E-state index in [4.69, 9.17) is 9.84 Å². The quantitative estimate of drug-likeness (QED) is 0.736. The van der Waals surface area contributed by atoms with Crippen LogP contribution in [0.5, 0.6) is 17.2 Å². The molecular weight excluding hydrogens is 238 g/mol. The van der Waals surface area contributed by atoms with Crippen molar-refractivity contribution in [1.29, 1.82) is 0 Å². The Bertz CT molecular complexity index is 451. The summed E-state index contributed by atoms with van der Waals surface area (Å²) in [5, 5.41) is 29.7. The maximum absolute atomic E-state index is 11.5. The molecular formula is C12H17NO5. The normalized spacial score (nSPS) is 11.3. The van der Waals surface area contributed by atoms with E-state index in [0.29, 0.717) is 11.0 Å². The Hall–Kier alpha value is -1.95. The summed E-state index contributed by atoms with van der Waals surface area (Å²) >= 11 is 0. The number of nitrogens with zero attached hydrogens (tertiary/aromatic N) is 1. The summed E-state index contributed by atoms with van der Waals surface area (Å²) in [5.41, 5.74) is -0.174. The molecule has 0 aliphatic heterocycles. The van der Waals surface area contributed by atoms with E-state index >= 15 is 0 Å². The fourth-order valence-electron chi connectivity index (χ4n) is 1.25. The Labute approximate surface area is 105 Å². The number of carboxylic acids is 1. The molecule has 0 fully saturated rings. The fraction of sp³-hybridized carbons (Fsp3) is 0.417. The molecule has 18 heavy (non-hydrogen) atoms. The van der Waals surface area contributed by atoms with Crippen molar-refractivity contribution in [2.45, 2.75) is 0 Å². The lowest BCUT2D eigenvalue weighted by atomic mass is 10.2. The van der Waals surface area contributed by atoms with Crippen molar-refractivity contribution in [2.24, 2.45) is 0 Å². The molecule has 0 atom stereocenters. The molecule has 1 rings (SSSR count). The third-order valence-electron chi connectivity index (χ3n) is 2.30. The molecule has 100 valence electrons. The van der Waals surface area contributed by atoms with Crippen LogP contribution in [0.4, 0.5) is 0 Å². The van der Waals surface area contributed by atoms with Crippen molar-refractivity contribution >= 4 is 5.97 Å². The number of hydrogen-bond acceptors (Lipinski definition) is 4. The summed E-state index contributed by atoms with van der Waals surface area (Å²) < 4.78 is 5.88. The second kappa shape index (κ2) is 5.14. The zero-order valence-corrected chi connectivity index (χ0v) is 10.6. The molecule has 0 saturated heterocycles. The lowest BCUT2D eigenvalue weighted by Gasteiger charge is -2.24. The molecule has 0 aliphatic rings. The van der Waals surface area contributed by atoms with Crippen LogP contribution in [0.3, 0.4) is 0 Å². The Morgan fingerprint density at radius 3 is 2.50 bits per heavy atom. The Morgan fingerprint density at radius 1 is 1.39 bits per heavy atom. The summed E-state index contributed by atoms with van der Waals surface area (Å²) in [5.74, 6) is -2.67. The van der Waals surface area contributed by atoms with Gasteiger partial charge in [0.05, 0.1) is 26.7 Å². The fourth-order valence-corrected chi connectivity index (χ4v) is 1.25. The molecule has 2 N–H and O–H groups in total. The molecule has 0 unspecified atom stereocenters. The molecule has 0 bridgehead atoms. The van der Waals surface area contributed by atoms with E-state index in [1.807, 2.05) is 21.1 Å². The van der Waals surface area contributed by atoms with Gasteiger partial charge in [0.25, 0.3) is 0 Å². The number of aromatic hydroxyl groups is 1. The molecule has 0 aliphatic carbocycles. The smallest absolute Gasteiger partial charge is 0.335 e. The molecule has 0 saturated carbocycles. The van der Waals surface area contributed by atoms with Crippen LogP contribution in [0.2, 0.25) is 0 Å². The van der Waals surface area contributed by atoms with Gasteiger partial charge in [0.2, 0.25) is 0 Å². The van der Waals surface area contributed by atoms with Gasteiger partial charge in [0, 0.05) is 0 Å². The number of rotatable bonds is 5. The summed E-state index contributed by atoms with van der Waals surface area (Å²) in [7, 11) is 5.89. The molecule has 0 spiro atoms. The predicted octanol–water partition coefficient (Wildman–Crippen LogP) is 0.249. The topological polar surface area (TPSA) is 89.8 Å². The number of phenolic OH excluding ortho intramolecular Hbond substituents is 1. The highest BCUT2D eigenvalue weighted by Crippen LogP contribution is 2.34. The molecule has 6 heteroatoms. The number of carboxylic acid groups (broad SMARTS) is 1. The maximum Gasteiger partial charge on any atom is 0.335 e. The third-order valence-corrected chi connectivity index (χ3v) is 2.30. The maximum atomic E-state index is 11.5. The van der Waals surface area contributed by atoms with E-state index in [1.165, 1.54) is 0 Å². The van der Waals surface area contributed by atoms with Gasteiger partial charge in [-0.1, -0.05) is 0 Å². The number of hydrogen-bond donors (Lipinski definition) is 2. The average molecular weight is 255 g/mol. The van der Waals surface area contributed by atoms with Gasteiger partial charge in [0.15, 0.2) is 0 Å². The van der Waals surface area contributed by atoms with Crippen molar-refractivity contribution < 1.29 is 29.3 Å². The van der Waals surface area contributed by atoms with E-state index in [9.17, 15) is 15.0 Å². The van der Waals surface area contributed by atoms with Gasteiger partial charge in [0.1, 0.15) is 24.7 Å². The molecule has 0 radical (unpaired) electrons. The number of quaternary nitrogens is 1. The zero-order chi connectivity index (χ0) is 13.9. The highest BCUT2D eigenvalue weighted by atomic mass is 16.5. The van der Waals surface area contributed by atoms with Crippen molar-refractivity contribution in [3.05, 3.63) is 17.7 Å². The van der Waals surface area contributed by atoms with Gasteiger partial charge in [-0.05, 0) is 17.9 Å². The minimum atomic E-state index is -1.22. The van der Waals surface area contributed by atoms with Crippen molar-refractivity contribution in [3.8, 4) is 17.2 Å². The van der Waals surface area contributed by atoms with Crippen LogP contribution in [-0.4, -0.2) is 55.0 Å². The number of aromatic carboxylic acids is 1. The largest absolute Gasteiger partial charge is 0.867 e. The monoisotopic (exact) mass is 255 g/mol. The predicted molar refractivity (Wildman–Crippen MR) is 62.9 cm³/mol. The minimum absolute atomic E-state index is 0.138.